The first kappa shape index (κ1) is 20.0. The molecule has 3 N–H and O–H groups in total. The quantitative estimate of drug-likeness (QED) is 0.545. The van der Waals surface area contributed by atoms with Crippen molar-refractivity contribution in [2.24, 2.45) is 0 Å². The minimum Gasteiger partial charge on any atom is -0.394 e. The maximum absolute atomic E-state index is 14.5. The van der Waals surface area contributed by atoms with E-state index in [0.29, 0.717) is 16.8 Å². The third kappa shape index (κ3) is 3.55. The van der Waals surface area contributed by atoms with Crippen LogP contribution in [0.2, 0.25) is 5.28 Å². The molecule has 1 fully saturated rings. The number of aromatic nitrogens is 3. The third-order valence-corrected chi connectivity index (χ3v) is 5.19. The van der Waals surface area contributed by atoms with Gasteiger partial charge in [-0.1, -0.05) is 18.2 Å². The summed E-state index contributed by atoms with van der Waals surface area (Å²) in [6.45, 7) is 1.26. The first-order valence-corrected chi connectivity index (χ1v) is 9.42. The van der Waals surface area contributed by atoms with Crippen LogP contribution in [0, 0.1) is 5.82 Å². The predicted molar refractivity (Wildman–Crippen MR) is 103 cm³/mol. The Morgan fingerprint density at radius 3 is 2.76 bits per heavy atom. The third-order valence-electron chi connectivity index (χ3n) is 5.02. The van der Waals surface area contributed by atoms with Crippen molar-refractivity contribution in [3.8, 4) is 0 Å². The summed E-state index contributed by atoms with van der Waals surface area (Å²) in [7, 11) is 0. The van der Waals surface area contributed by atoms with Crippen molar-refractivity contribution in [3.63, 3.8) is 0 Å². The molecule has 7 nitrogen and oxygen atoms in total. The monoisotopic (exact) mass is 424 g/mol. The van der Waals surface area contributed by atoms with Crippen molar-refractivity contribution in [3.05, 3.63) is 53.2 Å². The van der Waals surface area contributed by atoms with Crippen molar-refractivity contribution in [1.29, 1.82) is 0 Å². The molecule has 5 atom stereocenters. The topological polar surface area (TPSA) is 92.4 Å². The van der Waals surface area contributed by atoms with E-state index in [2.05, 4.69) is 15.3 Å². The highest BCUT2D eigenvalue weighted by Crippen LogP contribution is 2.36. The number of aliphatic hydroxyl groups is 2. The summed E-state index contributed by atoms with van der Waals surface area (Å²) in [6, 6.07) is 7.59. The molecule has 0 spiro atoms. The Morgan fingerprint density at radius 1 is 1.31 bits per heavy atom. The van der Waals surface area contributed by atoms with Crippen molar-refractivity contribution >= 4 is 28.5 Å². The van der Waals surface area contributed by atoms with Gasteiger partial charge in [0.1, 0.15) is 29.5 Å². The van der Waals surface area contributed by atoms with Crippen LogP contribution in [0.3, 0.4) is 0 Å². The number of benzene rings is 1. The van der Waals surface area contributed by atoms with Gasteiger partial charge in [0.2, 0.25) is 5.28 Å². The Hall–Kier alpha value is -2.33. The van der Waals surface area contributed by atoms with Gasteiger partial charge >= 0.3 is 0 Å². The van der Waals surface area contributed by atoms with Crippen LogP contribution in [0.15, 0.2) is 36.5 Å². The predicted octanol–water partition coefficient (Wildman–Crippen LogP) is 2.99. The van der Waals surface area contributed by atoms with E-state index < -0.39 is 37.3 Å². The average molecular weight is 425 g/mol. The zero-order valence-corrected chi connectivity index (χ0v) is 16.1. The Kier molecular flexibility index (Phi) is 5.39. The summed E-state index contributed by atoms with van der Waals surface area (Å²) >= 11 is 6.07. The van der Waals surface area contributed by atoms with Crippen LogP contribution < -0.4 is 5.32 Å². The SMILES string of the molecule is C[C@H](Nc1nc(Cl)nc2c1ccn2[C@@H]1O[C@H](CO)C(O)[C@H]1F)c1ccccc1F. The van der Waals surface area contributed by atoms with Gasteiger partial charge in [0.15, 0.2) is 12.4 Å². The maximum atomic E-state index is 14.5. The van der Waals surface area contributed by atoms with Gasteiger partial charge in [-0.2, -0.15) is 4.98 Å². The van der Waals surface area contributed by atoms with Crippen LogP contribution in [0.4, 0.5) is 14.6 Å². The molecule has 0 bridgehead atoms. The van der Waals surface area contributed by atoms with E-state index in [1.165, 1.54) is 10.6 Å². The number of ether oxygens (including phenoxy) is 1. The molecule has 3 aromatic rings. The zero-order valence-electron chi connectivity index (χ0n) is 15.3. The number of nitrogens with zero attached hydrogens (tertiary/aromatic N) is 3. The minimum atomic E-state index is -1.76. The normalized spacial score (nSPS) is 25.4. The molecule has 154 valence electrons. The van der Waals surface area contributed by atoms with Crippen molar-refractivity contribution in [2.75, 3.05) is 11.9 Å². The van der Waals surface area contributed by atoms with E-state index in [0.717, 1.165) is 0 Å². The first-order chi connectivity index (χ1) is 13.9. The van der Waals surface area contributed by atoms with E-state index in [1.54, 1.807) is 37.4 Å². The van der Waals surface area contributed by atoms with E-state index in [-0.39, 0.29) is 16.7 Å². The molecule has 0 radical (unpaired) electrons. The Labute approximate surface area is 169 Å². The second-order valence-electron chi connectivity index (χ2n) is 6.87. The molecule has 1 aromatic carbocycles. The van der Waals surface area contributed by atoms with Gasteiger partial charge in [-0.3, -0.25) is 0 Å². The molecule has 1 unspecified atom stereocenters. The molecule has 0 amide bonds. The van der Waals surface area contributed by atoms with E-state index in [1.807, 2.05) is 0 Å². The van der Waals surface area contributed by atoms with E-state index >= 15 is 0 Å². The second kappa shape index (κ2) is 7.83. The van der Waals surface area contributed by atoms with Crippen molar-refractivity contribution < 1.29 is 23.7 Å². The number of hydrogen-bond donors (Lipinski definition) is 3. The Bertz CT molecular complexity index is 1030. The van der Waals surface area contributed by atoms with Gasteiger partial charge in [0, 0.05) is 11.8 Å². The van der Waals surface area contributed by atoms with Gasteiger partial charge in [0.05, 0.1) is 18.0 Å². The van der Waals surface area contributed by atoms with Crippen LogP contribution in [0.1, 0.15) is 24.8 Å². The van der Waals surface area contributed by atoms with Gasteiger partial charge in [0.25, 0.3) is 0 Å². The van der Waals surface area contributed by atoms with Crippen LogP contribution in [-0.4, -0.2) is 49.7 Å². The molecule has 29 heavy (non-hydrogen) atoms. The summed E-state index contributed by atoms with van der Waals surface area (Å²) in [5.41, 5.74) is 0.735. The number of halogens is 3. The molecule has 3 heterocycles. The first-order valence-electron chi connectivity index (χ1n) is 9.04. The molecule has 0 saturated carbocycles. The van der Waals surface area contributed by atoms with Crippen molar-refractivity contribution in [2.45, 2.75) is 37.6 Å². The van der Waals surface area contributed by atoms with Gasteiger partial charge < -0.3 is 24.8 Å². The Morgan fingerprint density at radius 2 is 2.07 bits per heavy atom. The number of rotatable bonds is 5. The van der Waals surface area contributed by atoms with Crippen LogP contribution in [0.25, 0.3) is 11.0 Å². The molecular weight excluding hydrogens is 406 g/mol. The largest absolute Gasteiger partial charge is 0.394 e. The van der Waals surface area contributed by atoms with Gasteiger partial charge in [-0.15, -0.1) is 0 Å². The van der Waals surface area contributed by atoms with Crippen molar-refractivity contribution in [1.82, 2.24) is 14.5 Å². The fourth-order valence-corrected chi connectivity index (χ4v) is 3.67. The lowest BCUT2D eigenvalue weighted by molar-refractivity contribution is -0.0457. The van der Waals surface area contributed by atoms with Gasteiger partial charge in [-0.05, 0) is 30.7 Å². The lowest BCUT2D eigenvalue weighted by atomic mass is 10.1. The number of nitrogens with one attached hydrogen (secondary N) is 1. The second-order valence-corrected chi connectivity index (χ2v) is 7.21. The van der Waals surface area contributed by atoms with Gasteiger partial charge in [-0.25, -0.2) is 13.8 Å². The Balaban J connectivity index is 1.70. The highest BCUT2D eigenvalue weighted by molar-refractivity contribution is 6.28. The smallest absolute Gasteiger partial charge is 0.226 e. The molecular formula is C19H19ClF2N4O3. The number of hydrogen-bond acceptors (Lipinski definition) is 6. The molecule has 1 saturated heterocycles. The summed E-state index contributed by atoms with van der Waals surface area (Å²) in [6.07, 6.45) is -3.90. The lowest BCUT2D eigenvalue weighted by Gasteiger charge is -2.18. The summed E-state index contributed by atoms with van der Waals surface area (Å²) in [5, 5.41) is 22.7. The molecule has 4 rings (SSSR count). The summed E-state index contributed by atoms with van der Waals surface area (Å²) in [4.78, 5) is 8.35. The molecule has 2 aromatic heterocycles. The fourth-order valence-electron chi connectivity index (χ4n) is 3.51. The van der Waals surface area contributed by atoms with E-state index in [4.69, 9.17) is 16.3 Å². The average Bonchev–Trinajstić information content (AvgIpc) is 3.23. The molecule has 1 aliphatic heterocycles. The number of aliphatic hydroxyl groups excluding tert-OH is 2. The van der Waals surface area contributed by atoms with E-state index in [9.17, 15) is 19.0 Å². The highest BCUT2D eigenvalue weighted by Gasteiger charge is 2.45. The number of anilines is 1. The summed E-state index contributed by atoms with van der Waals surface area (Å²) < 4.78 is 35.5. The summed E-state index contributed by atoms with van der Waals surface area (Å²) in [5.74, 6) is -0.00714. The fraction of sp³-hybridized carbons (Fsp3) is 0.368. The van der Waals surface area contributed by atoms with Crippen LogP contribution in [0.5, 0.6) is 0 Å². The molecule has 1 aliphatic rings. The van der Waals surface area contributed by atoms with Crippen LogP contribution in [-0.2, 0) is 4.74 Å². The highest BCUT2D eigenvalue weighted by atomic mass is 35.5. The standard InChI is InChI=1S/C19H19ClF2N4O3/c1-9(10-4-2-3-5-12(10)21)23-16-11-6-7-26(17(11)25-19(20)24-16)18-14(22)15(28)13(8-27)29-18/h2-7,9,13-15,18,27-28H,8H2,1H3,(H,23,24,25)/t9-,13+,14+,15?,18+/m0/s1. The minimum absolute atomic E-state index is 0.0895. The molecule has 10 heteroatoms. The number of alkyl halides is 1. The number of fused-ring (bicyclic) bond motifs is 1. The van der Waals surface area contributed by atoms with Crippen LogP contribution >= 0.6 is 11.6 Å². The lowest BCUT2D eigenvalue weighted by Crippen LogP contribution is -2.30. The molecule has 0 aliphatic carbocycles. The maximum Gasteiger partial charge on any atom is 0.226 e. The zero-order chi connectivity index (χ0) is 20.7.